The van der Waals surface area contributed by atoms with Crippen molar-refractivity contribution in [3.63, 3.8) is 0 Å². The molecule has 0 aliphatic carbocycles. The largest absolute Gasteiger partial charge is 0.398 e. The van der Waals surface area contributed by atoms with Gasteiger partial charge in [0, 0.05) is 5.69 Å². The standard InChI is InChI=1S/C11H16N2O/c1-7-5-9(3-4-10(12)14)6-8(2)11(7)13/h3-6,10,14H,12-13H2,1-2H3/b4-3-/t10-/m0/s1. The summed E-state index contributed by atoms with van der Waals surface area (Å²) in [6, 6.07) is 3.92. The summed E-state index contributed by atoms with van der Waals surface area (Å²) >= 11 is 0. The first-order chi connectivity index (χ1) is 6.50. The van der Waals surface area contributed by atoms with Gasteiger partial charge in [0.2, 0.25) is 0 Å². The molecule has 0 aromatic heterocycles. The molecule has 1 rings (SSSR count). The minimum atomic E-state index is -0.909. The van der Waals surface area contributed by atoms with Crippen LogP contribution in [0.3, 0.4) is 0 Å². The van der Waals surface area contributed by atoms with Crippen LogP contribution in [0, 0.1) is 13.8 Å². The highest BCUT2D eigenvalue weighted by atomic mass is 16.3. The molecule has 1 aromatic carbocycles. The summed E-state index contributed by atoms with van der Waals surface area (Å²) in [7, 11) is 0. The van der Waals surface area contributed by atoms with Gasteiger partial charge < -0.3 is 16.6 Å². The third-order valence-corrected chi connectivity index (χ3v) is 2.10. The third kappa shape index (κ3) is 2.58. The van der Waals surface area contributed by atoms with Gasteiger partial charge in [0.15, 0.2) is 0 Å². The molecule has 0 heterocycles. The van der Waals surface area contributed by atoms with Gasteiger partial charge in [-0.15, -0.1) is 0 Å². The van der Waals surface area contributed by atoms with Crippen molar-refractivity contribution < 1.29 is 5.11 Å². The smallest absolute Gasteiger partial charge is 0.121 e. The molecular formula is C11H16N2O. The van der Waals surface area contributed by atoms with Crippen LogP contribution in [-0.4, -0.2) is 11.3 Å². The Morgan fingerprint density at radius 3 is 2.21 bits per heavy atom. The SMILES string of the molecule is Cc1cc(/C=C\[C@@H](N)O)cc(C)c1N. The average molecular weight is 192 g/mol. The summed E-state index contributed by atoms with van der Waals surface area (Å²) in [6.45, 7) is 3.91. The minimum Gasteiger partial charge on any atom is -0.398 e. The Morgan fingerprint density at radius 1 is 1.29 bits per heavy atom. The number of anilines is 1. The average Bonchev–Trinajstić information content (AvgIpc) is 2.10. The predicted molar refractivity (Wildman–Crippen MR) is 59.6 cm³/mol. The molecule has 0 aliphatic heterocycles. The molecule has 1 aromatic rings. The van der Waals surface area contributed by atoms with E-state index in [0.717, 1.165) is 22.4 Å². The molecule has 0 radical (unpaired) electrons. The third-order valence-electron chi connectivity index (χ3n) is 2.10. The van der Waals surface area contributed by atoms with Crippen LogP contribution in [0.5, 0.6) is 0 Å². The van der Waals surface area contributed by atoms with Gasteiger partial charge in [-0.25, -0.2) is 0 Å². The summed E-state index contributed by atoms with van der Waals surface area (Å²) in [4.78, 5) is 0. The van der Waals surface area contributed by atoms with Crippen LogP contribution < -0.4 is 11.5 Å². The monoisotopic (exact) mass is 192 g/mol. The van der Waals surface area contributed by atoms with E-state index >= 15 is 0 Å². The summed E-state index contributed by atoms with van der Waals surface area (Å²) in [6.07, 6.45) is 2.40. The highest BCUT2D eigenvalue weighted by Gasteiger charge is 1.99. The van der Waals surface area contributed by atoms with Crippen LogP contribution in [0.4, 0.5) is 5.69 Å². The summed E-state index contributed by atoms with van der Waals surface area (Å²) in [5, 5.41) is 8.87. The molecule has 76 valence electrons. The Kier molecular flexibility index (Phi) is 3.28. The van der Waals surface area contributed by atoms with Crippen molar-refractivity contribution in [2.24, 2.45) is 5.73 Å². The van der Waals surface area contributed by atoms with Gasteiger partial charge in [-0.2, -0.15) is 0 Å². The molecule has 5 N–H and O–H groups in total. The zero-order chi connectivity index (χ0) is 10.7. The van der Waals surface area contributed by atoms with Crippen LogP contribution in [0.25, 0.3) is 6.08 Å². The lowest BCUT2D eigenvalue weighted by Gasteiger charge is -2.06. The normalized spacial score (nSPS) is 13.4. The van der Waals surface area contributed by atoms with E-state index in [1.165, 1.54) is 6.08 Å². The zero-order valence-electron chi connectivity index (χ0n) is 8.49. The lowest BCUT2D eigenvalue weighted by molar-refractivity contribution is 0.232. The van der Waals surface area contributed by atoms with Crippen molar-refractivity contribution in [3.05, 3.63) is 34.9 Å². The number of aliphatic hydroxyl groups is 1. The number of nitrogens with two attached hydrogens (primary N) is 2. The maximum atomic E-state index is 8.87. The molecule has 0 saturated carbocycles. The molecule has 14 heavy (non-hydrogen) atoms. The van der Waals surface area contributed by atoms with Crippen molar-refractivity contribution in [1.29, 1.82) is 0 Å². The molecule has 1 atom stereocenters. The number of benzene rings is 1. The van der Waals surface area contributed by atoms with Gasteiger partial charge in [0.1, 0.15) is 6.23 Å². The van der Waals surface area contributed by atoms with Gasteiger partial charge in [0.05, 0.1) is 0 Å². The molecule has 0 saturated heterocycles. The summed E-state index contributed by atoms with van der Waals surface area (Å²) in [5.41, 5.74) is 14.9. The fourth-order valence-electron chi connectivity index (χ4n) is 1.31. The van der Waals surface area contributed by atoms with E-state index in [2.05, 4.69) is 0 Å². The minimum absolute atomic E-state index is 0.815. The predicted octanol–water partition coefficient (Wildman–Crippen LogP) is 1.18. The van der Waals surface area contributed by atoms with E-state index in [1.54, 1.807) is 6.08 Å². The molecule has 3 nitrogen and oxygen atoms in total. The lowest BCUT2D eigenvalue weighted by atomic mass is 10.0. The van der Waals surface area contributed by atoms with Crippen molar-refractivity contribution in [3.8, 4) is 0 Å². The van der Waals surface area contributed by atoms with Crippen LogP contribution in [0.2, 0.25) is 0 Å². The Balaban J connectivity index is 3.01. The van der Waals surface area contributed by atoms with Crippen molar-refractivity contribution in [2.45, 2.75) is 20.1 Å². The fraction of sp³-hybridized carbons (Fsp3) is 0.273. The molecular weight excluding hydrogens is 176 g/mol. The van der Waals surface area contributed by atoms with Gasteiger partial charge in [-0.05, 0) is 48.7 Å². The topological polar surface area (TPSA) is 72.3 Å². The quantitative estimate of drug-likeness (QED) is 0.486. The molecule has 3 heteroatoms. The highest BCUT2D eigenvalue weighted by molar-refractivity contribution is 5.61. The van der Waals surface area contributed by atoms with Crippen LogP contribution in [0.1, 0.15) is 16.7 Å². The van der Waals surface area contributed by atoms with E-state index in [4.69, 9.17) is 16.6 Å². The van der Waals surface area contributed by atoms with Gasteiger partial charge in [-0.1, -0.05) is 6.08 Å². The van der Waals surface area contributed by atoms with E-state index in [-0.39, 0.29) is 0 Å². The van der Waals surface area contributed by atoms with E-state index in [0.29, 0.717) is 0 Å². The number of aliphatic hydroxyl groups excluding tert-OH is 1. The van der Waals surface area contributed by atoms with Crippen LogP contribution in [-0.2, 0) is 0 Å². The number of nitrogen functional groups attached to an aromatic ring is 1. The molecule has 0 unspecified atom stereocenters. The molecule has 0 aliphatic rings. The lowest BCUT2D eigenvalue weighted by Crippen LogP contribution is -2.14. The Bertz CT molecular complexity index is 333. The van der Waals surface area contributed by atoms with Crippen LogP contribution >= 0.6 is 0 Å². The number of hydrogen-bond donors (Lipinski definition) is 3. The first-order valence-corrected chi connectivity index (χ1v) is 4.49. The second-order valence-electron chi connectivity index (χ2n) is 3.42. The van der Waals surface area contributed by atoms with Crippen molar-refractivity contribution in [2.75, 3.05) is 5.73 Å². The maximum absolute atomic E-state index is 8.87. The Labute approximate surface area is 84.0 Å². The number of rotatable bonds is 2. The van der Waals surface area contributed by atoms with E-state index in [9.17, 15) is 0 Å². The molecule has 0 bridgehead atoms. The van der Waals surface area contributed by atoms with Crippen LogP contribution in [0.15, 0.2) is 18.2 Å². The van der Waals surface area contributed by atoms with E-state index in [1.807, 2.05) is 26.0 Å². The Morgan fingerprint density at radius 2 is 1.79 bits per heavy atom. The second-order valence-corrected chi connectivity index (χ2v) is 3.42. The van der Waals surface area contributed by atoms with Crippen molar-refractivity contribution >= 4 is 11.8 Å². The first-order valence-electron chi connectivity index (χ1n) is 4.49. The maximum Gasteiger partial charge on any atom is 0.121 e. The molecule has 0 spiro atoms. The molecule has 0 amide bonds. The van der Waals surface area contributed by atoms with Gasteiger partial charge >= 0.3 is 0 Å². The van der Waals surface area contributed by atoms with Gasteiger partial charge in [0.25, 0.3) is 0 Å². The fourth-order valence-corrected chi connectivity index (χ4v) is 1.31. The second kappa shape index (κ2) is 4.26. The highest BCUT2D eigenvalue weighted by Crippen LogP contribution is 2.19. The first kappa shape index (κ1) is 10.8. The molecule has 0 fully saturated rings. The van der Waals surface area contributed by atoms with Crippen molar-refractivity contribution in [1.82, 2.24) is 0 Å². The van der Waals surface area contributed by atoms with E-state index < -0.39 is 6.23 Å². The van der Waals surface area contributed by atoms with Gasteiger partial charge in [-0.3, -0.25) is 0 Å². The zero-order valence-corrected chi connectivity index (χ0v) is 8.49. The Hall–Kier alpha value is -1.32. The number of hydrogen-bond acceptors (Lipinski definition) is 3. The number of aryl methyl sites for hydroxylation is 2. The summed E-state index contributed by atoms with van der Waals surface area (Å²) in [5.74, 6) is 0. The summed E-state index contributed by atoms with van der Waals surface area (Å²) < 4.78 is 0.